The summed E-state index contributed by atoms with van der Waals surface area (Å²) in [5.74, 6) is 0. The van der Waals surface area contributed by atoms with Gasteiger partial charge in [-0.2, -0.15) is 0 Å². The van der Waals surface area contributed by atoms with Crippen LogP contribution in [0.5, 0.6) is 0 Å². The van der Waals surface area contributed by atoms with E-state index in [1.807, 2.05) is 13.0 Å². The molecule has 1 rings (SSSR count). The molecule has 1 aromatic carbocycles. The minimum Gasteiger partial charge on any atom is -0.399 e. The van der Waals surface area contributed by atoms with Gasteiger partial charge < -0.3 is 15.7 Å². The number of nitrogens with zero attached hydrogens (tertiary/aromatic N) is 1. The third-order valence-electron chi connectivity index (χ3n) is 2.95. The Morgan fingerprint density at radius 2 is 2.00 bits per heavy atom. The second-order valence-electron chi connectivity index (χ2n) is 4.46. The van der Waals surface area contributed by atoms with Gasteiger partial charge in [0.1, 0.15) is 0 Å². The third kappa shape index (κ3) is 4.27. The number of aliphatic hydroxyl groups is 1. The molecule has 0 amide bonds. The van der Waals surface area contributed by atoms with E-state index in [0.29, 0.717) is 0 Å². The standard InChI is InChI=1S/C14H24N2O/c1-3-8-16(9-4-5-10-17)13-6-7-14(15)12(2)11-13/h6-7,11,17H,3-5,8-10,15H2,1-2H3. The Hall–Kier alpha value is -1.22. The fourth-order valence-corrected chi connectivity index (χ4v) is 1.91. The first kappa shape index (κ1) is 13.8. The smallest absolute Gasteiger partial charge is 0.0431 e. The van der Waals surface area contributed by atoms with Crippen LogP contribution in [0.1, 0.15) is 31.7 Å². The van der Waals surface area contributed by atoms with Crippen LogP contribution in [0.4, 0.5) is 11.4 Å². The normalized spacial score (nSPS) is 10.5. The highest BCUT2D eigenvalue weighted by atomic mass is 16.2. The second-order valence-corrected chi connectivity index (χ2v) is 4.46. The van der Waals surface area contributed by atoms with Gasteiger partial charge >= 0.3 is 0 Å². The predicted molar refractivity (Wildman–Crippen MR) is 74.4 cm³/mol. The molecule has 0 aliphatic heterocycles. The molecule has 0 heterocycles. The lowest BCUT2D eigenvalue weighted by Crippen LogP contribution is -2.25. The van der Waals surface area contributed by atoms with Crippen molar-refractivity contribution >= 4 is 11.4 Å². The van der Waals surface area contributed by atoms with Crippen molar-refractivity contribution in [2.45, 2.75) is 33.1 Å². The fraction of sp³-hybridized carbons (Fsp3) is 0.571. The molecule has 0 spiro atoms. The molecule has 96 valence electrons. The van der Waals surface area contributed by atoms with Gasteiger partial charge in [-0.3, -0.25) is 0 Å². The van der Waals surface area contributed by atoms with E-state index >= 15 is 0 Å². The number of nitrogen functional groups attached to an aromatic ring is 1. The summed E-state index contributed by atoms with van der Waals surface area (Å²) in [6.45, 7) is 6.55. The van der Waals surface area contributed by atoms with Gasteiger partial charge in [0.25, 0.3) is 0 Å². The molecule has 0 fully saturated rings. The molecule has 3 N–H and O–H groups in total. The van der Waals surface area contributed by atoms with Crippen molar-refractivity contribution in [2.75, 3.05) is 30.3 Å². The number of aliphatic hydroxyl groups excluding tert-OH is 1. The Morgan fingerprint density at radius 1 is 1.24 bits per heavy atom. The first-order chi connectivity index (χ1) is 8.19. The molecule has 1 aromatic rings. The van der Waals surface area contributed by atoms with Gasteiger partial charge in [-0.15, -0.1) is 0 Å². The molecule has 0 saturated heterocycles. The molecule has 0 saturated carbocycles. The Kier molecular flexibility index (Phi) is 5.84. The molecule has 0 bridgehead atoms. The van der Waals surface area contributed by atoms with Crippen molar-refractivity contribution in [3.05, 3.63) is 23.8 Å². The number of unbranched alkanes of at least 4 members (excludes halogenated alkanes) is 1. The molecular formula is C14H24N2O. The maximum Gasteiger partial charge on any atom is 0.0431 e. The SMILES string of the molecule is CCCN(CCCCO)c1ccc(N)c(C)c1. The molecule has 17 heavy (non-hydrogen) atoms. The number of aryl methyl sites for hydroxylation is 1. The highest BCUT2D eigenvalue weighted by Crippen LogP contribution is 2.21. The molecule has 0 radical (unpaired) electrons. The first-order valence-electron chi connectivity index (χ1n) is 6.41. The number of nitrogens with two attached hydrogens (primary N) is 1. The summed E-state index contributed by atoms with van der Waals surface area (Å²) in [6.07, 6.45) is 3.02. The highest BCUT2D eigenvalue weighted by molar-refractivity contribution is 5.58. The predicted octanol–water partition coefficient (Wildman–Crippen LogP) is 2.57. The Balaban J connectivity index is 2.70. The van der Waals surface area contributed by atoms with Crippen molar-refractivity contribution in [1.29, 1.82) is 0 Å². The lowest BCUT2D eigenvalue weighted by molar-refractivity contribution is 0.285. The van der Waals surface area contributed by atoms with Crippen LogP contribution in [0.3, 0.4) is 0 Å². The molecule has 0 aromatic heterocycles. The summed E-state index contributed by atoms with van der Waals surface area (Å²) < 4.78 is 0. The maximum atomic E-state index is 8.83. The minimum atomic E-state index is 0.279. The van der Waals surface area contributed by atoms with Crippen LogP contribution in [0.15, 0.2) is 18.2 Å². The van der Waals surface area contributed by atoms with Gasteiger partial charge in [0.15, 0.2) is 0 Å². The number of benzene rings is 1. The van der Waals surface area contributed by atoms with Crippen LogP contribution in [-0.4, -0.2) is 24.8 Å². The van der Waals surface area contributed by atoms with Crippen LogP contribution in [-0.2, 0) is 0 Å². The zero-order valence-corrected chi connectivity index (χ0v) is 10.9. The zero-order chi connectivity index (χ0) is 12.7. The summed E-state index contributed by atoms with van der Waals surface area (Å²) >= 11 is 0. The van der Waals surface area contributed by atoms with Gasteiger partial charge in [0.2, 0.25) is 0 Å². The van der Waals surface area contributed by atoms with Gasteiger partial charge in [-0.1, -0.05) is 6.92 Å². The second kappa shape index (κ2) is 7.17. The van der Waals surface area contributed by atoms with Gasteiger partial charge in [-0.25, -0.2) is 0 Å². The van der Waals surface area contributed by atoms with Crippen LogP contribution in [0.25, 0.3) is 0 Å². The van der Waals surface area contributed by atoms with Crippen molar-refractivity contribution in [1.82, 2.24) is 0 Å². The lowest BCUT2D eigenvalue weighted by atomic mass is 10.1. The summed E-state index contributed by atoms with van der Waals surface area (Å²) in [6, 6.07) is 6.19. The fourth-order valence-electron chi connectivity index (χ4n) is 1.91. The highest BCUT2D eigenvalue weighted by Gasteiger charge is 2.06. The third-order valence-corrected chi connectivity index (χ3v) is 2.95. The van der Waals surface area contributed by atoms with Gasteiger partial charge in [0, 0.05) is 31.1 Å². The Morgan fingerprint density at radius 3 is 2.59 bits per heavy atom. The van der Waals surface area contributed by atoms with E-state index in [2.05, 4.69) is 24.0 Å². The topological polar surface area (TPSA) is 49.5 Å². The Bertz CT molecular complexity index is 339. The van der Waals surface area contributed by atoms with E-state index in [1.54, 1.807) is 0 Å². The zero-order valence-electron chi connectivity index (χ0n) is 10.9. The monoisotopic (exact) mass is 236 g/mol. The van der Waals surface area contributed by atoms with Gasteiger partial charge in [-0.05, 0) is 49.9 Å². The number of anilines is 2. The molecular weight excluding hydrogens is 212 g/mol. The average Bonchev–Trinajstić information content (AvgIpc) is 2.32. The number of hydrogen-bond acceptors (Lipinski definition) is 3. The van der Waals surface area contributed by atoms with Gasteiger partial charge in [0.05, 0.1) is 0 Å². The van der Waals surface area contributed by atoms with E-state index in [0.717, 1.165) is 43.6 Å². The first-order valence-corrected chi connectivity index (χ1v) is 6.41. The van der Waals surface area contributed by atoms with E-state index in [1.165, 1.54) is 5.69 Å². The average molecular weight is 236 g/mol. The molecule has 0 aliphatic carbocycles. The summed E-state index contributed by atoms with van der Waals surface area (Å²) in [5.41, 5.74) is 9.04. The molecule has 3 heteroatoms. The molecule has 0 unspecified atom stereocenters. The van der Waals surface area contributed by atoms with E-state index < -0.39 is 0 Å². The van der Waals surface area contributed by atoms with E-state index in [9.17, 15) is 0 Å². The van der Waals surface area contributed by atoms with Crippen LogP contribution in [0.2, 0.25) is 0 Å². The number of rotatable bonds is 7. The molecule has 3 nitrogen and oxygen atoms in total. The van der Waals surface area contributed by atoms with Crippen LogP contribution >= 0.6 is 0 Å². The van der Waals surface area contributed by atoms with Crippen molar-refractivity contribution in [2.24, 2.45) is 0 Å². The van der Waals surface area contributed by atoms with Crippen molar-refractivity contribution in [3.8, 4) is 0 Å². The van der Waals surface area contributed by atoms with Crippen molar-refractivity contribution < 1.29 is 5.11 Å². The largest absolute Gasteiger partial charge is 0.399 e. The minimum absolute atomic E-state index is 0.279. The van der Waals surface area contributed by atoms with E-state index in [4.69, 9.17) is 10.8 Å². The van der Waals surface area contributed by atoms with Crippen LogP contribution in [0, 0.1) is 6.92 Å². The molecule has 0 aliphatic rings. The van der Waals surface area contributed by atoms with Crippen LogP contribution < -0.4 is 10.6 Å². The van der Waals surface area contributed by atoms with Crippen molar-refractivity contribution in [3.63, 3.8) is 0 Å². The number of hydrogen-bond donors (Lipinski definition) is 2. The summed E-state index contributed by atoms with van der Waals surface area (Å²) in [5, 5.41) is 8.83. The Labute approximate surface area is 104 Å². The molecule has 0 atom stereocenters. The lowest BCUT2D eigenvalue weighted by Gasteiger charge is -2.25. The van der Waals surface area contributed by atoms with E-state index in [-0.39, 0.29) is 6.61 Å². The summed E-state index contributed by atoms with van der Waals surface area (Å²) in [4.78, 5) is 2.36. The summed E-state index contributed by atoms with van der Waals surface area (Å²) in [7, 11) is 0. The maximum absolute atomic E-state index is 8.83. The quantitative estimate of drug-likeness (QED) is 0.565.